The van der Waals surface area contributed by atoms with Gasteiger partial charge in [0.25, 0.3) is 0 Å². The molecule has 0 saturated carbocycles. The summed E-state index contributed by atoms with van der Waals surface area (Å²) in [6.45, 7) is 0. The molecule has 0 bridgehead atoms. The van der Waals surface area contributed by atoms with E-state index >= 15 is 0 Å². The molecule has 0 aliphatic carbocycles. The molecule has 0 saturated heterocycles. The minimum Gasteiger partial charge on any atom is -0.399 e. The molecule has 5 heteroatoms. The van der Waals surface area contributed by atoms with E-state index in [1.54, 1.807) is 18.2 Å². The van der Waals surface area contributed by atoms with Crippen LogP contribution < -0.4 is 11.1 Å². The van der Waals surface area contributed by atoms with Crippen LogP contribution in [0.15, 0.2) is 48.9 Å². The number of nitrogens with zero attached hydrogens (tertiary/aromatic N) is 2. The molecule has 0 fully saturated rings. The average Bonchev–Trinajstić information content (AvgIpc) is 2.38. The zero-order chi connectivity index (χ0) is 12.8. The van der Waals surface area contributed by atoms with Crippen LogP contribution >= 0.6 is 0 Å². The molecule has 2 rings (SSSR count). The van der Waals surface area contributed by atoms with Gasteiger partial charge in [0.1, 0.15) is 0 Å². The van der Waals surface area contributed by atoms with E-state index < -0.39 is 0 Å². The van der Waals surface area contributed by atoms with Gasteiger partial charge in [-0.25, -0.2) is 4.98 Å². The van der Waals surface area contributed by atoms with Gasteiger partial charge in [-0.05, 0) is 23.8 Å². The number of hydrogen-bond acceptors (Lipinski definition) is 4. The molecule has 3 N–H and O–H groups in total. The Morgan fingerprint density at radius 1 is 1.33 bits per heavy atom. The van der Waals surface area contributed by atoms with Gasteiger partial charge in [-0.2, -0.15) is 0 Å². The number of aromatic nitrogens is 2. The van der Waals surface area contributed by atoms with E-state index in [2.05, 4.69) is 15.3 Å². The Morgan fingerprint density at radius 2 is 2.22 bits per heavy atom. The molecule has 0 aliphatic heterocycles. The maximum Gasteiger partial charge on any atom is 0.249 e. The summed E-state index contributed by atoms with van der Waals surface area (Å²) < 4.78 is 0. The monoisotopic (exact) mass is 240 g/mol. The zero-order valence-corrected chi connectivity index (χ0v) is 9.58. The average molecular weight is 240 g/mol. The van der Waals surface area contributed by atoms with Crippen molar-refractivity contribution in [3.05, 3.63) is 54.5 Å². The number of nitrogens with two attached hydrogens (primary N) is 1. The first-order chi connectivity index (χ1) is 8.74. The number of benzene rings is 1. The number of nitrogen functional groups attached to an aromatic ring is 1. The van der Waals surface area contributed by atoms with Crippen LogP contribution in [0.25, 0.3) is 6.08 Å². The Morgan fingerprint density at radius 3 is 2.94 bits per heavy atom. The van der Waals surface area contributed by atoms with Crippen LogP contribution in [0.3, 0.4) is 0 Å². The highest BCUT2D eigenvalue weighted by Crippen LogP contribution is 2.08. The molecule has 0 spiro atoms. The fraction of sp³-hybridized carbons (Fsp3) is 0. The Balaban J connectivity index is 1.99. The van der Waals surface area contributed by atoms with Gasteiger partial charge < -0.3 is 11.1 Å². The van der Waals surface area contributed by atoms with Gasteiger partial charge in [-0.3, -0.25) is 9.78 Å². The third-order valence-electron chi connectivity index (χ3n) is 2.15. The van der Waals surface area contributed by atoms with E-state index in [1.807, 2.05) is 12.1 Å². The zero-order valence-electron chi connectivity index (χ0n) is 9.58. The Labute approximate surface area is 104 Å². The van der Waals surface area contributed by atoms with Crippen molar-refractivity contribution < 1.29 is 4.79 Å². The van der Waals surface area contributed by atoms with Crippen molar-refractivity contribution in [3.8, 4) is 0 Å². The van der Waals surface area contributed by atoms with Crippen LogP contribution in [0.1, 0.15) is 5.56 Å². The standard InChI is InChI=1S/C13H12N4O/c14-11-3-1-2-10(8-11)4-5-13(18)17-12-9-15-6-7-16-12/h1-9H,14H2,(H,16,17,18)/b5-4+. The number of nitrogens with one attached hydrogen (secondary N) is 1. The van der Waals surface area contributed by atoms with E-state index in [1.165, 1.54) is 24.7 Å². The summed E-state index contributed by atoms with van der Waals surface area (Å²) in [5.74, 6) is 0.151. The molecule has 1 aromatic carbocycles. The lowest BCUT2D eigenvalue weighted by molar-refractivity contribution is -0.111. The number of rotatable bonds is 3. The summed E-state index contributed by atoms with van der Waals surface area (Å²) in [5.41, 5.74) is 7.16. The van der Waals surface area contributed by atoms with E-state index in [0.29, 0.717) is 11.5 Å². The summed E-state index contributed by atoms with van der Waals surface area (Å²) >= 11 is 0. The van der Waals surface area contributed by atoms with E-state index in [9.17, 15) is 4.79 Å². The van der Waals surface area contributed by atoms with Crippen LogP contribution in [-0.2, 0) is 4.79 Å². The number of amides is 1. The maximum atomic E-state index is 11.6. The van der Waals surface area contributed by atoms with E-state index in [0.717, 1.165) is 5.56 Å². The lowest BCUT2D eigenvalue weighted by Gasteiger charge is -1.99. The Hall–Kier alpha value is -2.69. The first-order valence-corrected chi connectivity index (χ1v) is 5.35. The second-order valence-electron chi connectivity index (χ2n) is 3.58. The molecule has 1 heterocycles. The van der Waals surface area contributed by atoms with Crippen molar-refractivity contribution in [1.29, 1.82) is 0 Å². The lowest BCUT2D eigenvalue weighted by atomic mass is 10.2. The first-order valence-electron chi connectivity index (χ1n) is 5.35. The minimum absolute atomic E-state index is 0.266. The lowest BCUT2D eigenvalue weighted by Crippen LogP contribution is -2.09. The fourth-order valence-corrected chi connectivity index (χ4v) is 1.37. The van der Waals surface area contributed by atoms with Gasteiger partial charge in [0.15, 0.2) is 5.82 Å². The highest BCUT2D eigenvalue weighted by atomic mass is 16.1. The molecular weight excluding hydrogens is 228 g/mol. The topological polar surface area (TPSA) is 80.9 Å². The number of hydrogen-bond donors (Lipinski definition) is 2. The van der Waals surface area contributed by atoms with Crippen molar-refractivity contribution in [3.63, 3.8) is 0 Å². The molecule has 18 heavy (non-hydrogen) atoms. The molecule has 0 radical (unpaired) electrons. The summed E-state index contributed by atoms with van der Waals surface area (Å²) in [4.78, 5) is 19.4. The van der Waals surface area contributed by atoms with Crippen molar-refractivity contribution in [2.24, 2.45) is 0 Å². The quantitative estimate of drug-likeness (QED) is 0.632. The summed E-state index contributed by atoms with van der Waals surface area (Å²) in [7, 11) is 0. The van der Waals surface area contributed by atoms with Gasteiger partial charge in [-0.1, -0.05) is 12.1 Å². The second-order valence-corrected chi connectivity index (χ2v) is 3.58. The predicted molar refractivity (Wildman–Crippen MR) is 70.6 cm³/mol. The summed E-state index contributed by atoms with van der Waals surface area (Å²) in [6, 6.07) is 7.26. The predicted octanol–water partition coefficient (Wildman–Crippen LogP) is 1.71. The number of anilines is 2. The molecule has 1 amide bonds. The molecule has 0 atom stereocenters. The van der Waals surface area contributed by atoms with Gasteiger partial charge in [0.05, 0.1) is 6.20 Å². The first kappa shape index (κ1) is 11.8. The van der Waals surface area contributed by atoms with Crippen molar-refractivity contribution in [2.75, 3.05) is 11.1 Å². The van der Waals surface area contributed by atoms with Crippen LogP contribution in [0.4, 0.5) is 11.5 Å². The molecule has 5 nitrogen and oxygen atoms in total. The highest BCUT2D eigenvalue weighted by molar-refractivity contribution is 6.01. The van der Waals surface area contributed by atoms with Crippen LogP contribution in [-0.4, -0.2) is 15.9 Å². The third kappa shape index (κ3) is 3.41. The van der Waals surface area contributed by atoms with Gasteiger partial charge in [0, 0.05) is 24.2 Å². The normalized spacial score (nSPS) is 10.4. The SMILES string of the molecule is Nc1cccc(/C=C/C(=O)Nc2cnccn2)c1. The fourth-order valence-electron chi connectivity index (χ4n) is 1.37. The molecule has 90 valence electrons. The van der Waals surface area contributed by atoms with E-state index in [4.69, 9.17) is 5.73 Å². The van der Waals surface area contributed by atoms with E-state index in [-0.39, 0.29) is 5.91 Å². The Kier molecular flexibility index (Phi) is 3.66. The highest BCUT2D eigenvalue weighted by Gasteiger charge is 1.98. The molecule has 1 aromatic heterocycles. The molecule has 2 aromatic rings. The van der Waals surface area contributed by atoms with Crippen LogP contribution in [0, 0.1) is 0 Å². The Bertz CT molecular complexity index is 566. The van der Waals surface area contributed by atoms with Crippen LogP contribution in [0.2, 0.25) is 0 Å². The summed E-state index contributed by atoms with van der Waals surface area (Å²) in [5, 5.41) is 2.60. The largest absolute Gasteiger partial charge is 0.399 e. The second kappa shape index (κ2) is 5.58. The van der Waals surface area contributed by atoms with Gasteiger partial charge in [-0.15, -0.1) is 0 Å². The maximum absolute atomic E-state index is 11.6. The van der Waals surface area contributed by atoms with Crippen molar-refractivity contribution in [1.82, 2.24) is 9.97 Å². The molecular formula is C13H12N4O. The van der Waals surface area contributed by atoms with Crippen molar-refractivity contribution in [2.45, 2.75) is 0 Å². The van der Waals surface area contributed by atoms with Crippen molar-refractivity contribution >= 4 is 23.5 Å². The molecule has 0 unspecified atom stereocenters. The number of carbonyl (C=O) groups is 1. The third-order valence-corrected chi connectivity index (χ3v) is 2.15. The minimum atomic E-state index is -0.266. The smallest absolute Gasteiger partial charge is 0.249 e. The van der Waals surface area contributed by atoms with Crippen LogP contribution in [0.5, 0.6) is 0 Å². The summed E-state index contributed by atoms with van der Waals surface area (Å²) in [6.07, 6.45) is 7.63. The van der Waals surface area contributed by atoms with Gasteiger partial charge in [0.2, 0.25) is 5.91 Å². The van der Waals surface area contributed by atoms with Gasteiger partial charge >= 0.3 is 0 Å². The molecule has 0 aliphatic rings. The number of carbonyl (C=O) groups excluding carboxylic acids is 1.